The molecule has 0 bridgehead atoms. The molecule has 2 rings (SSSR count). The van der Waals surface area contributed by atoms with E-state index in [-0.39, 0.29) is 22.7 Å². The van der Waals surface area contributed by atoms with Crippen LogP contribution >= 0.6 is 11.6 Å². The Balaban J connectivity index is 2.28. The number of ether oxygens (including phenoxy) is 1. The lowest BCUT2D eigenvalue weighted by Gasteiger charge is -2.14. The number of carbonyl (C=O) groups excluding carboxylic acids is 1. The van der Waals surface area contributed by atoms with Crippen molar-refractivity contribution >= 4 is 40.4 Å². The maximum atomic E-state index is 12.0. The van der Waals surface area contributed by atoms with Gasteiger partial charge in [-0.15, -0.1) is 10.1 Å². The molecule has 0 unspecified atom stereocenters. The van der Waals surface area contributed by atoms with Gasteiger partial charge in [0.2, 0.25) is 0 Å². The summed E-state index contributed by atoms with van der Waals surface area (Å²) in [5, 5.41) is 29.6. The highest BCUT2D eigenvalue weighted by Gasteiger charge is 2.18. The molecule has 0 saturated carbocycles. The lowest BCUT2D eigenvalue weighted by Crippen LogP contribution is -2.25. The minimum absolute atomic E-state index is 0.127. The zero-order valence-corrected chi connectivity index (χ0v) is 13.6. The van der Waals surface area contributed by atoms with Crippen LogP contribution in [0.25, 0.3) is 0 Å². The van der Waals surface area contributed by atoms with Crippen LogP contribution in [0.4, 0.5) is 27.5 Å². The Kier molecular flexibility index (Phi) is 6.11. The largest absolute Gasteiger partial charge is 0.437 e. The predicted molar refractivity (Wildman–Crippen MR) is 90.4 cm³/mol. The summed E-state index contributed by atoms with van der Waals surface area (Å²) in [5.41, 5.74) is 0.0852. The molecule has 0 aliphatic heterocycles. The van der Waals surface area contributed by atoms with Crippen molar-refractivity contribution in [2.75, 3.05) is 11.1 Å². The standard InChI is InChI=1S/C14H10ClN5O6/c15-9-26-14(21)18(11-5-7-13(8-6-11)20(24)25)17-16-10-1-3-12(4-2-10)19(22)23/h1-8H,9H2. The van der Waals surface area contributed by atoms with Crippen LogP contribution in [0.5, 0.6) is 0 Å². The number of non-ortho nitro benzene ring substituents is 2. The van der Waals surface area contributed by atoms with E-state index in [1.807, 2.05) is 0 Å². The normalized spacial score (nSPS) is 10.5. The van der Waals surface area contributed by atoms with Gasteiger partial charge >= 0.3 is 6.09 Å². The number of nitrogens with zero attached hydrogens (tertiary/aromatic N) is 5. The quantitative estimate of drug-likeness (QED) is 0.316. The van der Waals surface area contributed by atoms with Crippen molar-refractivity contribution in [1.82, 2.24) is 0 Å². The molecule has 2 aromatic rings. The van der Waals surface area contributed by atoms with E-state index in [9.17, 15) is 25.0 Å². The molecule has 0 heterocycles. The van der Waals surface area contributed by atoms with E-state index in [0.717, 1.165) is 5.01 Å². The first-order chi connectivity index (χ1) is 12.4. The van der Waals surface area contributed by atoms with Gasteiger partial charge in [-0.05, 0) is 24.3 Å². The molecule has 11 nitrogen and oxygen atoms in total. The minimum Gasteiger partial charge on any atom is -0.431 e. The Morgan fingerprint density at radius 3 is 1.96 bits per heavy atom. The minimum atomic E-state index is -0.959. The Hall–Kier alpha value is -3.60. The van der Waals surface area contributed by atoms with Crippen LogP contribution in [-0.2, 0) is 4.74 Å². The maximum Gasteiger partial charge on any atom is 0.437 e. The number of alkyl halides is 1. The molecule has 0 atom stereocenters. The second-order valence-corrected chi connectivity index (χ2v) is 4.79. The molecule has 0 fully saturated rings. The summed E-state index contributed by atoms with van der Waals surface area (Å²) in [6.07, 6.45) is -0.959. The van der Waals surface area contributed by atoms with Crippen molar-refractivity contribution < 1.29 is 19.4 Å². The van der Waals surface area contributed by atoms with Gasteiger partial charge in [-0.1, -0.05) is 16.8 Å². The molecule has 0 aliphatic rings. The van der Waals surface area contributed by atoms with E-state index in [1.165, 1.54) is 48.5 Å². The molecule has 0 radical (unpaired) electrons. The van der Waals surface area contributed by atoms with Gasteiger partial charge in [0.1, 0.15) is 0 Å². The van der Waals surface area contributed by atoms with Crippen molar-refractivity contribution in [1.29, 1.82) is 0 Å². The second-order valence-electron chi connectivity index (χ2n) is 4.57. The molecule has 1 amide bonds. The van der Waals surface area contributed by atoms with Gasteiger partial charge in [-0.2, -0.15) is 0 Å². The Bertz CT molecular complexity index is 840. The van der Waals surface area contributed by atoms with E-state index in [2.05, 4.69) is 15.1 Å². The topological polar surface area (TPSA) is 141 Å². The maximum absolute atomic E-state index is 12.0. The number of amides is 1. The fraction of sp³-hybridized carbons (Fsp3) is 0.0714. The van der Waals surface area contributed by atoms with Crippen LogP contribution in [0.2, 0.25) is 0 Å². The molecule has 134 valence electrons. The molecule has 12 heteroatoms. The third-order valence-corrected chi connectivity index (χ3v) is 3.08. The van der Waals surface area contributed by atoms with Crippen LogP contribution in [0.1, 0.15) is 0 Å². The van der Waals surface area contributed by atoms with Crippen molar-refractivity contribution in [3.63, 3.8) is 0 Å². The van der Waals surface area contributed by atoms with Crippen molar-refractivity contribution in [2.24, 2.45) is 10.3 Å². The molecule has 0 aromatic heterocycles. The van der Waals surface area contributed by atoms with Crippen LogP contribution in [-0.4, -0.2) is 22.0 Å². The first kappa shape index (κ1) is 18.7. The number of nitro groups is 2. The van der Waals surface area contributed by atoms with Gasteiger partial charge in [-0.25, -0.2) is 4.79 Å². The fourth-order valence-electron chi connectivity index (χ4n) is 1.75. The van der Waals surface area contributed by atoms with Gasteiger partial charge in [0.05, 0.1) is 21.2 Å². The van der Waals surface area contributed by atoms with E-state index < -0.39 is 22.0 Å². The summed E-state index contributed by atoms with van der Waals surface area (Å²) in [7, 11) is 0. The number of hydrogen-bond acceptors (Lipinski definition) is 8. The number of nitro benzene ring substituents is 2. The lowest BCUT2D eigenvalue weighted by molar-refractivity contribution is -0.385. The average Bonchev–Trinajstić information content (AvgIpc) is 2.63. The zero-order valence-electron chi connectivity index (χ0n) is 12.9. The molecule has 0 spiro atoms. The highest BCUT2D eigenvalue weighted by molar-refractivity contribution is 6.17. The van der Waals surface area contributed by atoms with E-state index in [0.29, 0.717) is 0 Å². The second kappa shape index (κ2) is 8.48. The average molecular weight is 380 g/mol. The number of halogens is 1. The van der Waals surface area contributed by atoms with Crippen molar-refractivity contribution in [3.05, 3.63) is 68.8 Å². The predicted octanol–water partition coefficient (Wildman–Crippen LogP) is 4.34. The van der Waals surface area contributed by atoms with E-state index >= 15 is 0 Å². The SMILES string of the molecule is O=C(OCCl)N(N=Nc1ccc([N+](=O)[O-])cc1)c1ccc([N+](=O)[O-])cc1. The highest BCUT2D eigenvalue weighted by Crippen LogP contribution is 2.23. The van der Waals surface area contributed by atoms with Crippen LogP contribution in [0.3, 0.4) is 0 Å². The summed E-state index contributed by atoms with van der Waals surface area (Å²) in [6, 6.07) is 9.60. The highest BCUT2D eigenvalue weighted by atomic mass is 35.5. The number of rotatable bonds is 6. The fourth-order valence-corrected chi connectivity index (χ4v) is 1.85. The Morgan fingerprint density at radius 2 is 1.50 bits per heavy atom. The molecule has 26 heavy (non-hydrogen) atoms. The summed E-state index contributed by atoms with van der Waals surface area (Å²) in [4.78, 5) is 32.1. The summed E-state index contributed by atoms with van der Waals surface area (Å²) in [6.45, 7) is 0. The molecular formula is C14H10ClN5O6. The Labute approximate surface area is 150 Å². The van der Waals surface area contributed by atoms with Crippen LogP contribution in [0.15, 0.2) is 58.9 Å². The monoisotopic (exact) mass is 379 g/mol. The van der Waals surface area contributed by atoms with Crippen LogP contribution < -0.4 is 5.01 Å². The van der Waals surface area contributed by atoms with Crippen molar-refractivity contribution in [3.8, 4) is 0 Å². The van der Waals surface area contributed by atoms with Gasteiger partial charge in [-0.3, -0.25) is 20.2 Å². The van der Waals surface area contributed by atoms with E-state index in [1.54, 1.807) is 0 Å². The van der Waals surface area contributed by atoms with Gasteiger partial charge in [0.15, 0.2) is 6.07 Å². The van der Waals surface area contributed by atoms with Gasteiger partial charge < -0.3 is 4.74 Å². The van der Waals surface area contributed by atoms with E-state index in [4.69, 9.17) is 11.6 Å². The number of hydrogen-bond donors (Lipinski definition) is 0. The number of anilines is 1. The third kappa shape index (κ3) is 4.70. The third-order valence-electron chi connectivity index (χ3n) is 2.97. The molecule has 0 saturated heterocycles. The molecule has 0 N–H and O–H groups in total. The van der Waals surface area contributed by atoms with Crippen molar-refractivity contribution in [2.45, 2.75) is 0 Å². The van der Waals surface area contributed by atoms with Gasteiger partial charge in [0, 0.05) is 24.3 Å². The van der Waals surface area contributed by atoms with Crippen LogP contribution in [0, 0.1) is 20.2 Å². The molecule has 2 aromatic carbocycles. The number of benzene rings is 2. The summed E-state index contributed by atoms with van der Waals surface area (Å²) < 4.78 is 4.65. The number of carbonyl (C=O) groups is 1. The first-order valence-corrected chi connectivity index (χ1v) is 7.39. The summed E-state index contributed by atoms with van der Waals surface area (Å²) in [5.74, 6) is 0. The Morgan fingerprint density at radius 1 is 1.00 bits per heavy atom. The first-order valence-electron chi connectivity index (χ1n) is 6.86. The lowest BCUT2D eigenvalue weighted by atomic mass is 10.3. The van der Waals surface area contributed by atoms with Gasteiger partial charge in [0.25, 0.3) is 11.4 Å². The smallest absolute Gasteiger partial charge is 0.431 e. The zero-order chi connectivity index (χ0) is 19.1. The molecular weight excluding hydrogens is 370 g/mol. The molecule has 0 aliphatic carbocycles. The summed E-state index contributed by atoms with van der Waals surface area (Å²) >= 11 is 5.36.